The molecule has 1 aliphatic heterocycles. The van der Waals surface area contributed by atoms with E-state index in [4.69, 9.17) is 11.6 Å². The third-order valence-electron chi connectivity index (χ3n) is 3.03. The van der Waals surface area contributed by atoms with Gasteiger partial charge in [0.25, 0.3) is 16.1 Å². The lowest BCUT2D eigenvalue weighted by Gasteiger charge is -2.34. The number of aromatic nitrogens is 1. The van der Waals surface area contributed by atoms with Crippen molar-refractivity contribution in [3.8, 4) is 0 Å². The summed E-state index contributed by atoms with van der Waals surface area (Å²) >= 11 is 7.02. The fraction of sp³-hybridized carbons (Fsp3) is 0.600. The second-order valence-electron chi connectivity index (χ2n) is 4.45. The number of hydrogen-bond donors (Lipinski definition) is 0. The molecule has 0 radical (unpaired) electrons. The van der Waals surface area contributed by atoms with Gasteiger partial charge in [-0.3, -0.25) is 4.79 Å². The zero-order valence-electron chi connectivity index (χ0n) is 11.1. The highest BCUT2D eigenvalue weighted by atomic mass is 35.5. The summed E-state index contributed by atoms with van der Waals surface area (Å²) in [5.74, 6) is -0.195. The van der Waals surface area contributed by atoms with Crippen LogP contribution < -0.4 is 0 Å². The molecule has 20 heavy (non-hydrogen) atoms. The average Bonchev–Trinajstić information content (AvgIpc) is 2.84. The number of rotatable bonds is 3. The van der Waals surface area contributed by atoms with Gasteiger partial charge in [0, 0.05) is 40.3 Å². The molecular formula is C10H15ClN4O3S2. The van der Waals surface area contributed by atoms with Crippen LogP contribution in [0.1, 0.15) is 9.67 Å². The van der Waals surface area contributed by atoms with Gasteiger partial charge in [0.15, 0.2) is 5.15 Å². The summed E-state index contributed by atoms with van der Waals surface area (Å²) in [5.41, 5.74) is 1.52. The van der Waals surface area contributed by atoms with E-state index in [0.717, 1.165) is 0 Å². The molecule has 1 aromatic heterocycles. The maximum atomic E-state index is 12.2. The second kappa shape index (κ2) is 5.94. The molecule has 0 atom stereocenters. The van der Waals surface area contributed by atoms with Crippen molar-refractivity contribution in [2.45, 2.75) is 0 Å². The molecule has 0 saturated carbocycles. The lowest BCUT2D eigenvalue weighted by atomic mass is 10.3. The lowest BCUT2D eigenvalue weighted by Crippen LogP contribution is -2.53. The topological polar surface area (TPSA) is 73.8 Å². The third-order valence-corrected chi connectivity index (χ3v) is 6.19. The predicted octanol–water partition coefficient (Wildman–Crippen LogP) is 0.361. The van der Waals surface area contributed by atoms with Crippen LogP contribution in [0.25, 0.3) is 0 Å². The standard InChI is InChI=1S/C10H15ClN4O3S2/c1-13(2)20(17,18)15-5-3-14(4-6-15)10(16)8-9(11)12-7-19-8/h7H,3-6H2,1-2H3. The van der Waals surface area contributed by atoms with Crippen molar-refractivity contribution in [1.82, 2.24) is 18.5 Å². The maximum absolute atomic E-state index is 12.2. The van der Waals surface area contributed by atoms with Crippen LogP contribution in [0.2, 0.25) is 5.15 Å². The Morgan fingerprint density at radius 1 is 1.35 bits per heavy atom. The highest BCUT2D eigenvalue weighted by Gasteiger charge is 2.31. The number of amides is 1. The Morgan fingerprint density at radius 3 is 2.40 bits per heavy atom. The molecule has 1 amide bonds. The zero-order valence-corrected chi connectivity index (χ0v) is 13.5. The minimum atomic E-state index is -3.42. The molecule has 0 unspecified atom stereocenters. The number of piperazine rings is 1. The first-order valence-corrected chi connectivity index (χ1v) is 8.55. The predicted molar refractivity (Wildman–Crippen MR) is 77.2 cm³/mol. The summed E-state index contributed by atoms with van der Waals surface area (Å²) in [4.78, 5) is 18.0. The van der Waals surface area contributed by atoms with Gasteiger partial charge in [-0.1, -0.05) is 11.6 Å². The minimum absolute atomic E-state index is 0.195. The van der Waals surface area contributed by atoms with Crippen LogP contribution in [0.15, 0.2) is 5.51 Å². The SMILES string of the molecule is CN(C)S(=O)(=O)N1CCN(C(=O)c2scnc2Cl)CC1. The van der Waals surface area contributed by atoms with Crippen LogP contribution in [0.4, 0.5) is 0 Å². The first-order chi connectivity index (χ1) is 9.34. The van der Waals surface area contributed by atoms with Gasteiger partial charge in [-0.2, -0.15) is 17.0 Å². The molecule has 1 saturated heterocycles. The summed E-state index contributed by atoms with van der Waals surface area (Å²) in [6.45, 7) is 1.26. The van der Waals surface area contributed by atoms with Gasteiger partial charge >= 0.3 is 0 Å². The fourth-order valence-electron chi connectivity index (χ4n) is 1.87. The Morgan fingerprint density at radius 2 is 1.95 bits per heavy atom. The van der Waals surface area contributed by atoms with Crippen molar-refractivity contribution < 1.29 is 13.2 Å². The van der Waals surface area contributed by atoms with Gasteiger partial charge in [0.05, 0.1) is 5.51 Å². The fourth-order valence-corrected chi connectivity index (χ4v) is 3.92. The first-order valence-electron chi connectivity index (χ1n) is 5.90. The van der Waals surface area contributed by atoms with Crippen molar-refractivity contribution in [2.75, 3.05) is 40.3 Å². The van der Waals surface area contributed by atoms with Crippen LogP contribution in [0.5, 0.6) is 0 Å². The van der Waals surface area contributed by atoms with Crippen LogP contribution >= 0.6 is 22.9 Å². The van der Waals surface area contributed by atoms with Crippen LogP contribution in [-0.4, -0.2) is 73.1 Å². The van der Waals surface area contributed by atoms with E-state index in [0.29, 0.717) is 18.0 Å². The van der Waals surface area contributed by atoms with Crippen molar-refractivity contribution in [2.24, 2.45) is 0 Å². The van der Waals surface area contributed by atoms with Crippen molar-refractivity contribution in [1.29, 1.82) is 0 Å². The summed E-state index contributed by atoms with van der Waals surface area (Å²) in [7, 11) is -0.438. The molecule has 0 aromatic carbocycles. The van der Waals surface area contributed by atoms with Crippen molar-refractivity contribution in [3.63, 3.8) is 0 Å². The molecule has 10 heteroatoms. The molecule has 7 nitrogen and oxygen atoms in total. The van der Waals surface area contributed by atoms with E-state index in [1.165, 1.54) is 39.6 Å². The molecule has 112 valence electrons. The average molecular weight is 339 g/mol. The van der Waals surface area contributed by atoms with Gasteiger partial charge in [0.2, 0.25) is 0 Å². The third kappa shape index (κ3) is 2.96. The Hall–Kier alpha value is -0.740. The minimum Gasteiger partial charge on any atom is -0.335 e. The summed E-state index contributed by atoms with van der Waals surface area (Å²) < 4.78 is 26.5. The quantitative estimate of drug-likeness (QED) is 0.797. The largest absolute Gasteiger partial charge is 0.335 e. The van der Waals surface area contributed by atoms with Gasteiger partial charge in [0.1, 0.15) is 4.88 Å². The first kappa shape index (κ1) is 15.6. The van der Waals surface area contributed by atoms with Gasteiger partial charge < -0.3 is 4.90 Å². The highest BCUT2D eigenvalue weighted by Crippen LogP contribution is 2.21. The van der Waals surface area contributed by atoms with Gasteiger partial charge in [-0.05, 0) is 0 Å². The molecular weight excluding hydrogens is 324 g/mol. The molecule has 2 rings (SSSR count). The Labute approximate surface area is 126 Å². The van der Waals surface area contributed by atoms with E-state index in [9.17, 15) is 13.2 Å². The van der Waals surface area contributed by atoms with Gasteiger partial charge in [-0.15, -0.1) is 11.3 Å². The molecule has 2 heterocycles. The summed E-state index contributed by atoms with van der Waals surface area (Å²) in [6.07, 6.45) is 0. The second-order valence-corrected chi connectivity index (χ2v) is 7.81. The Kier molecular flexibility index (Phi) is 4.65. The van der Waals surface area contributed by atoms with Gasteiger partial charge in [-0.25, -0.2) is 4.98 Å². The van der Waals surface area contributed by atoms with E-state index < -0.39 is 10.2 Å². The van der Waals surface area contributed by atoms with E-state index >= 15 is 0 Å². The van der Waals surface area contributed by atoms with Crippen LogP contribution in [0.3, 0.4) is 0 Å². The lowest BCUT2D eigenvalue weighted by molar-refractivity contribution is 0.0700. The van der Waals surface area contributed by atoms with Crippen molar-refractivity contribution >= 4 is 39.1 Å². The molecule has 1 aromatic rings. The molecule has 0 bridgehead atoms. The number of carbonyl (C=O) groups excluding carboxylic acids is 1. The van der Waals surface area contributed by atoms with E-state index in [2.05, 4.69) is 4.98 Å². The van der Waals surface area contributed by atoms with E-state index in [-0.39, 0.29) is 24.1 Å². The van der Waals surface area contributed by atoms with Crippen LogP contribution in [-0.2, 0) is 10.2 Å². The number of thiazole rings is 1. The molecule has 0 N–H and O–H groups in total. The molecule has 0 aliphatic carbocycles. The Balaban J connectivity index is 2.02. The van der Waals surface area contributed by atoms with Crippen molar-refractivity contribution in [3.05, 3.63) is 15.5 Å². The normalized spacial score (nSPS) is 17.7. The summed E-state index contributed by atoms with van der Waals surface area (Å²) in [6, 6.07) is 0. The highest BCUT2D eigenvalue weighted by molar-refractivity contribution is 7.86. The number of carbonyl (C=O) groups is 1. The summed E-state index contributed by atoms with van der Waals surface area (Å²) in [5, 5.41) is 0.198. The zero-order chi connectivity index (χ0) is 14.9. The molecule has 0 spiro atoms. The monoisotopic (exact) mass is 338 g/mol. The smallest absolute Gasteiger partial charge is 0.281 e. The number of nitrogens with zero attached hydrogens (tertiary/aromatic N) is 4. The maximum Gasteiger partial charge on any atom is 0.281 e. The molecule has 1 aliphatic rings. The Bertz CT molecular complexity index is 593. The van der Waals surface area contributed by atoms with E-state index in [1.54, 1.807) is 4.90 Å². The molecule has 1 fully saturated rings. The number of halogens is 1. The number of hydrogen-bond acceptors (Lipinski definition) is 5. The van der Waals surface area contributed by atoms with E-state index in [1.807, 2.05) is 0 Å². The van der Waals surface area contributed by atoms with Crippen LogP contribution in [0, 0.1) is 0 Å².